The van der Waals surface area contributed by atoms with Gasteiger partial charge in [-0.1, -0.05) is 25.2 Å². The molecule has 0 aliphatic carbocycles. The number of nitrogens with zero attached hydrogens (tertiary/aromatic N) is 3. The van der Waals surface area contributed by atoms with Gasteiger partial charge < -0.3 is 10.2 Å². The molecule has 0 atom stereocenters. The highest BCUT2D eigenvalue weighted by Crippen LogP contribution is 2.20. The van der Waals surface area contributed by atoms with E-state index in [9.17, 15) is 4.79 Å². The highest BCUT2D eigenvalue weighted by Gasteiger charge is 2.20. The molecule has 0 radical (unpaired) electrons. The lowest BCUT2D eigenvalue weighted by atomic mass is 9.93. The van der Waals surface area contributed by atoms with Gasteiger partial charge in [0.15, 0.2) is 0 Å². The fourth-order valence-electron chi connectivity index (χ4n) is 2.52. The first-order chi connectivity index (χ1) is 9.71. The highest BCUT2D eigenvalue weighted by atomic mass is 32.1. The van der Waals surface area contributed by atoms with Gasteiger partial charge in [-0.05, 0) is 44.8 Å². The second-order valence-electron chi connectivity index (χ2n) is 5.30. The molecule has 1 N–H and O–H groups in total. The number of likely N-dealkylation sites (tertiary alicyclic amines) is 1. The van der Waals surface area contributed by atoms with Crippen LogP contribution in [0.5, 0.6) is 0 Å². The molecular formula is C14H24N4OS. The number of amides is 1. The fraction of sp³-hybridized carbons (Fsp3) is 0.786. The van der Waals surface area contributed by atoms with Gasteiger partial charge in [0.05, 0.1) is 6.54 Å². The Labute approximate surface area is 124 Å². The number of aromatic nitrogens is 2. The van der Waals surface area contributed by atoms with Crippen LogP contribution >= 0.6 is 11.3 Å². The highest BCUT2D eigenvalue weighted by molar-refractivity contribution is 7.11. The van der Waals surface area contributed by atoms with Crippen molar-refractivity contribution in [3.05, 3.63) is 10.0 Å². The fourth-order valence-corrected chi connectivity index (χ4v) is 3.24. The van der Waals surface area contributed by atoms with Gasteiger partial charge in [0, 0.05) is 6.42 Å². The van der Waals surface area contributed by atoms with Gasteiger partial charge >= 0.3 is 0 Å². The Balaban J connectivity index is 1.68. The summed E-state index contributed by atoms with van der Waals surface area (Å²) in [6, 6.07) is 0. The van der Waals surface area contributed by atoms with Crippen LogP contribution in [0.15, 0.2) is 0 Å². The van der Waals surface area contributed by atoms with Gasteiger partial charge in [0.25, 0.3) is 0 Å². The molecule has 112 valence electrons. The van der Waals surface area contributed by atoms with E-state index in [0.29, 0.717) is 18.9 Å². The van der Waals surface area contributed by atoms with E-state index in [2.05, 4.69) is 34.3 Å². The third-order valence-corrected chi connectivity index (χ3v) is 4.94. The van der Waals surface area contributed by atoms with Gasteiger partial charge in [0.1, 0.15) is 10.0 Å². The van der Waals surface area contributed by atoms with Crippen molar-refractivity contribution in [2.24, 2.45) is 5.92 Å². The van der Waals surface area contributed by atoms with Crippen molar-refractivity contribution < 1.29 is 4.79 Å². The predicted molar refractivity (Wildman–Crippen MR) is 80.6 cm³/mol. The van der Waals surface area contributed by atoms with Crippen molar-refractivity contribution >= 4 is 17.2 Å². The molecule has 0 aromatic carbocycles. The Morgan fingerprint density at radius 2 is 2.00 bits per heavy atom. The molecule has 1 aliphatic heterocycles. The first-order valence-corrected chi connectivity index (χ1v) is 8.33. The van der Waals surface area contributed by atoms with Crippen molar-refractivity contribution in [1.82, 2.24) is 20.4 Å². The molecule has 1 saturated heterocycles. The maximum Gasteiger partial charge on any atom is 0.220 e. The monoisotopic (exact) mass is 296 g/mol. The zero-order valence-corrected chi connectivity index (χ0v) is 13.2. The van der Waals surface area contributed by atoms with E-state index < -0.39 is 0 Å². The average molecular weight is 296 g/mol. The van der Waals surface area contributed by atoms with E-state index in [4.69, 9.17) is 0 Å². The van der Waals surface area contributed by atoms with Crippen molar-refractivity contribution in [1.29, 1.82) is 0 Å². The van der Waals surface area contributed by atoms with Gasteiger partial charge in [0.2, 0.25) is 5.91 Å². The quantitative estimate of drug-likeness (QED) is 0.870. The van der Waals surface area contributed by atoms with Crippen LogP contribution in [0.1, 0.15) is 43.1 Å². The molecule has 2 heterocycles. The summed E-state index contributed by atoms with van der Waals surface area (Å²) < 4.78 is 0. The molecular weight excluding hydrogens is 272 g/mol. The molecule has 20 heavy (non-hydrogen) atoms. The van der Waals surface area contributed by atoms with E-state index in [-0.39, 0.29) is 5.91 Å². The molecule has 1 fully saturated rings. The second-order valence-corrected chi connectivity index (χ2v) is 6.45. The first kappa shape index (κ1) is 15.4. The largest absolute Gasteiger partial charge is 0.350 e. The molecule has 5 nitrogen and oxygen atoms in total. The molecule has 0 unspecified atom stereocenters. The molecule has 6 heteroatoms. The summed E-state index contributed by atoms with van der Waals surface area (Å²) >= 11 is 1.58. The first-order valence-electron chi connectivity index (χ1n) is 7.51. The standard InChI is InChI=1S/C14H24N4OS/c1-3-13-16-17-14(20-13)10-15-12(19)9-11-5-7-18(4-2)8-6-11/h11H,3-10H2,1-2H3,(H,15,19). The van der Waals surface area contributed by atoms with Gasteiger partial charge in [-0.15, -0.1) is 10.2 Å². The van der Waals surface area contributed by atoms with Crippen molar-refractivity contribution in [2.45, 2.75) is 46.1 Å². The number of hydrogen-bond donors (Lipinski definition) is 1. The number of carbonyl (C=O) groups excluding carboxylic acids is 1. The van der Waals surface area contributed by atoms with E-state index in [1.54, 1.807) is 11.3 Å². The molecule has 1 aliphatic rings. The SMILES string of the molecule is CCc1nnc(CNC(=O)CC2CCN(CC)CC2)s1. The number of piperidine rings is 1. The Kier molecular flexibility index (Phi) is 5.91. The number of hydrogen-bond acceptors (Lipinski definition) is 5. The topological polar surface area (TPSA) is 58.1 Å². The van der Waals surface area contributed by atoms with Crippen LogP contribution in [0.4, 0.5) is 0 Å². The minimum atomic E-state index is 0.146. The van der Waals surface area contributed by atoms with Crippen molar-refractivity contribution in [3.63, 3.8) is 0 Å². The maximum absolute atomic E-state index is 11.9. The summed E-state index contributed by atoms with van der Waals surface area (Å²) in [4.78, 5) is 14.4. The van der Waals surface area contributed by atoms with Gasteiger partial charge in [-0.3, -0.25) is 4.79 Å². The third kappa shape index (κ3) is 4.52. The van der Waals surface area contributed by atoms with E-state index in [0.717, 1.165) is 48.9 Å². The smallest absolute Gasteiger partial charge is 0.220 e. The summed E-state index contributed by atoms with van der Waals surface area (Å²) in [5, 5.41) is 13.0. The zero-order valence-electron chi connectivity index (χ0n) is 12.4. The summed E-state index contributed by atoms with van der Waals surface area (Å²) in [5.41, 5.74) is 0. The molecule has 1 aromatic rings. The molecule has 1 amide bonds. The van der Waals surface area contributed by atoms with Crippen LogP contribution < -0.4 is 5.32 Å². The van der Waals surface area contributed by atoms with Gasteiger partial charge in [-0.25, -0.2) is 0 Å². The van der Waals surface area contributed by atoms with Crippen LogP contribution in [0.25, 0.3) is 0 Å². The van der Waals surface area contributed by atoms with Crippen molar-refractivity contribution in [2.75, 3.05) is 19.6 Å². The van der Waals surface area contributed by atoms with Crippen LogP contribution in [-0.4, -0.2) is 40.6 Å². The Morgan fingerprint density at radius 1 is 1.30 bits per heavy atom. The van der Waals surface area contributed by atoms with Crippen LogP contribution in [0, 0.1) is 5.92 Å². The molecule has 0 spiro atoms. The molecule has 0 bridgehead atoms. The molecule has 1 aromatic heterocycles. The summed E-state index contributed by atoms with van der Waals surface area (Å²) in [6.07, 6.45) is 3.83. The minimum Gasteiger partial charge on any atom is -0.350 e. The number of aryl methyl sites for hydroxylation is 1. The summed E-state index contributed by atoms with van der Waals surface area (Å²) in [5.74, 6) is 0.687. The lowest BCUT2D eigenvalue weighted by Gasteiger charge is -2.30. The normalized spacial score (nSPS) is 17.3. The van der Waals surface area contributed by atoms with Crippen LogP contribution in [-0.2, 0) is 17.8 Å². The maximum atomic E-state index is 11.9. The zero-order chi connectivity index (χ0) is 14.4. The lowest BCUT2D eigenvalue weighted by molar-refractivity contribution is -0.122. The van der Waals surface area contributed by atoms with Crippen LogP contribution in [0.3, 0.4) is 0 Å². The lowest BCUT2D eigenvalue weighted by Crippen LogP contribution is -2.35. The number of carbonyl (C=O) groups is 1. The Hall–Kier alpha value is -1.01. The average Bonchev–Trinajstić information content (AvgIpc) is 2.94. The number of rotatable bonds is 6. The van der Waals surface area contributed by atoms with Crippen molar-refractivity contribution in [3.8, 4) is 0 Å². The van der Waals surface area contributed by atoms with E-state index >= 15 is 0 Å². The van der Waals surface area contributed by atoms with E-state index in [1.807, 2.05) is 0 Å². The van der Waals surface area contributed by atoms with E-state index in [1.165, 1.54) is 0 Å². The Bertz CT molecular complexity index is 427. The summed E-state index contributed by atoms with van der Waals surface area (Å²) in [7, 11) is 0. The predicted octanol–water partition coefficient (Wildman–Crippen LogP) is 1.84. The number of nitrogens with one attached hydrogen (secondary N) is 1. The summed E-state index contributed by atoms with van der Waals surface area (Å²) in [6.45, 7) is 8.15. The van der Waals surface area contributed by atoms with Gasteiger partial charge in [-0.2, -0.15) is 0 Å². The second kappa shape index (κ2) is 7.69. The molecule has 2 rings (SSSR count). The molecule has 0 saturated carbocycles. The Morgan fingerprint density at radius 3 is 2.60 bits per heavy atom. The van der Waals surface area contributed by atoms with Crippen LogP contribution in [0.2, 0.25) is 0 Å². The minimum absolute atomic E-state index is 0.146. The third-order valence-electron chi connectivity index (χ3n) is 3.88.